The van der Waals surface area contributed by atoms with E-state index in [4.69, 9.17) is 16.3 Å². The van der Waals surface area contributed by atoms with Gasteiger partial charge in [0, 0.05) is 85.9 Å². The van der Waals surface area contributed by atoms with Gasteiger partial charge in [-0.25, -0.2) is 14.8 Å². The Morgan fingerprint density at radius 2 is 1.85 bits per heavy atom. The minimum Gasteiger partial charge on any atom is -0.494 e. The van der Waals surface area contributed by atoms with E-state index in [9.17, 15) is 0 Å². The highest BCUT2D eigenvalue weighted by molar-refractivity contribution is 5.97. The second kappa shape index (κ2) is 10.9. The number of methoxy groups -OCH3 is 1. The number of likely N-dealkylation sites (N-methyl/N-ethyl adjacent to an activating group) is 1. The number of ether oxygens (including phenoxy) is 1. The van der Waals surface area contributed by atoms with Crippen LogP contribution >= 0.6 is 0 Å². The molecule has 4 heterocycles. The molecular formula is C30H34N8O. The maximum atomic E-state index is 7.64. The van der Waals surface area contributed by atoms with Crippen LogP contribution in [0.1, 0.15) is 12.8 Å². The number of rotatable bonds is 6. The summed E-state index contributed by atoms with van der Waals surface area (Å²) in [6.07, 6.45) is 5.84. The number of nitrogens with one attached hydrogen (secondary N) is 2. The number of nitrogens with zero attached hydrogens (tertiary/aromatic N) is 6. The molecule has 4 aromatic rings. The van der Waals surface area contributed by atoms with Crippen LogP contribution in [0.5, 0.6) is 5.75 Å². The summed E-state index contributed by atoms with van der Waals surface area (Å²) in [5, 5.41) is 4.34. The van der Waals surface area contributed by atoms with Crippen molar-refractivity contribution in [2.75, 3.05) is 63.6 Å². The zero-order valence-electron chi connectivity index (χ0n) is 22.5. The van der Waals surface area contributed by atoms with Gasteiger partial charge in [0.05, 0.1) is 25.1 Å². The van der Waals surface area contributed by atoms with Gasteiger partial charge in [0.1, 0.15) is 5.75 Å². The van der Waals surface area contributed by atoms with Gasteiger partial charge in [-0.2, -0.15) is 0 Å². The van der Waals surface area contributed by atoms with Crippen molar-refractivity contribution < 1.29 is 4.74 Å². The first-order valence-electron chi connectivity index (χ1n) is 13.6. The van der Waals surface area contributed by atoms with Crippen LogP contribution in [0.15, 0.2) is 54.9 Å². The summed E-state index contributed by atoms with van der Waals surface area (Å²) in [6.45, 7) is 14.4. The van der Waals surface area contributed by atoms with E-state index in [2.05, 4.69) is 54.0 Å². The quantitative estimate of drug-likeness (QED) is 0.340. The summed E-state index contributed by atoms with van der Waals surface area (Å²) >= 11 is 0. The molecule has 0 aliphatic carbocycles. The van der Waals surface area contributed by atoms with E-state index in [1.54, 1.807) is 13.3 Å². The van der Waals surface area contributed by atoms with Crippen molar-refractivity contribution in [3.8, 4) is 17.0 Å². The zero-order chi connectivity index (χ0) is 26.8. The number of H-pyrrole nitrogens is 1. The predicted octanol–water partition coefficient (Wildman–Crippen LogP) is 5.14. The fourth-order valence-corrected chi connectivity index (χ4v) is 5.76. The molecule has 9 heteroatoms. The van der Waals surface area contributed by atoms with E-state index in [1.165, 1.54) is 39.0 Å². The lowest BCUT2D eigenvalue weighted by atomic mass is 10.0. The molecule has 0 unspecified atom stereocenters. The van der Waals surface area contributed by atoms with Crippen LogP contribution in [0.2, 0.25) is 0 Å². The van der Waals surface area contributed by atoms with Gasteiger partial charge in [-0.1, -0.05) is 18.2 Å². The molecule has 2 aliphatic heterocycles. The first-order valence-corrected chi connectivity index (χ1v) is 13.6. The Balaban J connectivity index is 1.19. The van der Waals surface area contributed by atoms with Crippen molar-refractivity contribution in [2.45, 2.75) is 18.9 Å². The van der Waals surface area contributed by atoms with E-state index in [0.29, 0.717) is 23.4 Å². The molecule has 0 atom stereocenters. The summed E-state index contributed by atoms with van der Waals surface area (Å²) in [5.41, 5.74) is 4.84. The van der Waals surface area contributed by atoms with Gasteiger partial charge in [-0.15, -0.1) is 0 Å². The number of fused-ring (bicyclic) bond motifs is 1. The van der Waals surface area contributed by atoms with Gasteiger partial charge in [0.25, 0.3) is 0 Å². The van der Waals surface area contributed by atoms with Crippen LogP contribution in [0, 0.1) is 6.57 Å². The average Bonchev–Trinajstić information content (AvgIpc) is 3.42. The number of piperidine rings is 1. The summed E-state index contributed by atoms with van der Waals surface area (Å²) < 4.78 is 5.77. The number of benzene rings is 2. The number of hydrogen-bond donors (Lipinski definition) is 2. The second-order valence-electron chi connectivity index (χ2n) is 10.4. The van der Waals surface area contributed by atoms with Crippen LogP contribution in [0.3, 0.4) is 0 Å². The van der Waals surface area contributed by atoms with Crippen molar-refractivity contribution in [2.24, 2.45) is 0 Å². The van der Waals surface area contributed by atoms with E-state index >= 15 is 0 Å². The van der Waals surface area contributed by atoms with Gasteiger partial charge < -0.3 is 24.8 Å². The third-order valence-corrected chi connectivity index (χ3v) is 8.05. The van der Waals surface area contributed by atoms with Crippen molar-refractivity contribution in [1.82, 2.24) is 24.8 Å². The Hall–Kier alpha value is -4.13. The zero-order valence-corrected chi connectivity index (χ0v) is 22.5. The number of hydrogen-bond acceptors (Lipinski definition) is 7. The third kappa shape index (κ3) is 5.13. The van der Waals surface area contributed by atoms with E-state index in [0.717, 1.165) is 46.7 Å². The molecule has 2 saturated heterocycles. The minimum atomic E-state index is 0.410. The number of piperazine rings is 1. The van der Waals surface area contributed by atoms with Crippen LogP contribution in [0.25, 0.3) is 27.0 Å². The summed E-state index contributed by atoms with van der Waals surface area (Å²) in [5.74, 6) is 1.15. The van der Waals surface area contributed by atoms with Crippen LogP contribution in [-0.4, -0.2) is 84.2 Å². The molecule has 9 nitrogen and oxygen atoms in total. The summed E-state index contributed by atoms with van der Waals surface area (Å²) in [6, 6.07) is 14.9. The molecule has 2 aliphatic rings. The molecule has 0 bridgehead atoms. The van der Waals surface area contributed by atoms with E-state index in [1.807, 2.05) is 36.5 Å². The van der Waals surface area contributed by atoms with Gasteiger partial charge in [0.15, 0.2) is 0 Å². The van der Waals surface area contributed by atoms with Crippen molar-refractivity contribution in [3.63, 3.8) is 0 Å². The number of aromatic amines is 1. The second-order valence-corrected chi connectivity index (χ2v) is 10.4. The van der Waals surface area contributed by atoms with E-state index < -0.39 is 0 Å². The number of para-hydroxylation sites is 1. The highest BCUT2D eigenvalue weighted by Crippen LogP contribution is 2.36. The van der Waals surface area contributed by atoms with E-state index in [-0.39, 0.29) is 0 Å². The van der Waals surface area contributed by atoms with Gasteiger partial charge >= 0.3 is 0 Å². The first-order chi connectivity index (χ1) is 19.1. The highest BCUT2D eigenvalue weighted by atomic mass is 16.5. The molecule has 0 spiro atoms. The Morgan fingerprint density at radius 1 is 1.05 bits per heavy atom. The Bertz CT molecular complexity index is 1490. The molecule has 0 saturated carbocycles. The normalized spacial score (nSPS) is 17.3. The predicted molar refractivity (Wildman–Crippen MR) is 156 cm³/mol. The maximum Gasteiger partial charge on any atom is 0.231 e. The van der Waals surface area contributed by atoms with Crippen molar-refractivity contribution >= 4 is 33.9 Å². The molecule has 2 aromatic carbocycles. The van der Waals surface area contributed by atoms with Gasteiger partial charge in [-0.05, 0) is 38.1 Å². The largest absolute Gasteiger partial charge is 0.494 e. The summed E-state index contributed by atoms with van der Waals surface area (Å²) in [4.78, 5) is 23.7. The SMILES string of the molecule is [C-]#[N+]c1cnc(Nc2ccc(N3CCC(N4CCN(C)CC4)CC3)cc2OC)nc1-c1c[nH]c2ccccc12. The molecule has 0 amide bonds. The first kappa shape index (κ1) is 25.2. The van der Waals surface area contributed by atoms with Crippen molar-refractivity contribution in [3.05, 3.63) is 66.3 Å². The highest BCUT2D eigenvalue weighted by Gasteiger charge is 2.27. The lowest BCUT2D eigenvalue weighted by Gasteiger charge is -2.42. The molecule has 0 radical (unpaired) electrons. The topological polar surface area (TPSA) is 76.9 Å². The van der Waals surface area contributed by atoms with Gasteiger partial charge in [-0.3, -0.25) is 4.90 Å². The molecule has 2 aromatic heterocycles. The third-order valence-electron chi connectivity index (χ3n) is 8.05. The molecule has 2 fully saturated rings. The fraction of sp³-hybridized carbons (Fsp3) is 0.367. The monoisotopic (exact) mass is 522 g/mol. The maximum absolute atomic E-state index is 7.64. The van der Waals surface area contributed by atoms with Crippen LogP contribution in [-0.2, 0) is 0 Å². The van der Waals surface area contributed by atoms with Gasteiger partial charge in [0.2, 0.25) is 11.6 Å². The standard InChI is InChI=1S/C30H34N8O/c1-31-27-20-33-30(35-29(27)24-19-32-25-7-5-4-6-23(24)25)34-26-9-8-22(18-28(26)39-3)37-12-10-21(11-13-37)38-16-14-36(2)15-17-38/h4-9,18-21,32H,10-17H2,2-3H3,(H,33,34,35). The van der Waals surface area contributed by atoms with Crippen LogP contribution < -0.4 is 15.0 Å². The summed E-state index contributed by atoms with van der Waals surface area (Å²) in [7, 11) is 3.90. The lowest BCUT2D eigenvalue weighted by Crippen LogP contribution is -2.52. The Kier molecular flexibility index (Phi) is 7.05. The average molecular weight is 523 g/mol. The van der Waals surface area contributed by atoms with Crippen LogP contribution in [0.4, 0.5) is 23.0 Å². The lowest BCUT2D eigenvalue weighted by molar-refractivity contribution is 0.0982. The number of anilines is 3. The minimum absolute atomic E-state index is 0.410. The van der Waals surface area contributed by atoms with Crippen molar-refractivity contribution in [1.29, 1.82) is 0 Å². The molecule has 6 rings (SSSR count). The number of aromatic nitrogens is 3. The molecular weight excluding hydrogens is 488 g/mol. The molecule has 200 valence electrons. The Morgan fingerprint density at radius 3 is 2.62 bits per heavy atom. The molecule has 2 N–H and O–H groups in total. The molecule has 39 heavy (non-hydrogen) atoms. The smallest absolute Gasteiger partial charge is 0.231 e. The Labute approximate surface area is 229 Å². The fourth-order valence-electron chi connectivity index (χ4n) is 5.76.